The summed E-state index contributed by atoms with van der Waals surface area (Å²) in [7, 11) is 0. The summed E-state index contributed by atoms with van der Waals surface area (Å²) in [5.74, 6) is -1.89. The van der Waals surface area contributed by atoms with Gasteiger partial charge in [-0.1, -0.05) is 24.3 Å². The summed E-state index contributed by atoms with van der Waals surface area (Å²) in [4.78, 5) is 42.1. The number of aromatic nitrogens is 4. The first-order valence-electron chi connectivity index (χ1n) is 15.7. The lowest BCUT2D eigenvalue weighted by Gasteiger charge is -2.32. The van der Waals surface area contributed by atoms with Crippen molar-refractivity contribution < 1.29 is 23.1 Å². The lowest BCUT2D eigenvalue weighted by atomic mass is 9.93. The number of halogens is 2. The minimum Gasteiger partial charge on any atom is -0.461 e. The normalized spacial score (nSPS) is 23.8. The van der Waals surface area contributed by atoms with Gasteiger partial charge in [0.15, 0.2) is 17.2 Å². The lowest BCUT2D eigenvalue weighted by Crippen LogP contribution is -2.54. The van der Waals surface area contributed by atoms with E-state index in [9.17, 15) is 9.59 Å². The number of anilines is 1. The van der Waals surface area contributed by atoms with E-state index in [1.54, 1.807) is 31.2 Å². The molecule has 1 atom stereocenters. The van der Waals surface area contributed by atoms with Crippen LogP contribution >= 0.6 is 0 Å². The molecule has 7 rings (SSSR count). The van der Waals surface area contributed by atoms with Crippen LogP contribution in [0.3, 0.4) is 0 Å². The number of rotatable bonds is 6. The monoisotopic (exact) mass is 631 g/mol. The molecule has 2 N–H and O–H groups in total. The van der Waals surface area contributed by atoms with Gasteiger partial charge in [-0.05, 0) is 76.9 Å². The third kappa shape index (κ3) is 4.95. The number of carbonyl (C=O) groups excluding carboxylic acids is 2. The van der Waals surface area contributed by atoms with E-state index >= 15 is 8.78 Å². The molecule has 12 nitrogen and oxygen atoms in total. The zero-order valence-corrected chi connectivity index (χ0v) is 25.6. The fraction of sp³-hybridized carbons (Fsp3) is 0.469. The van der Waals surface area contributed by atoms with E-state index in [-0.39, 0.29) is 51.4 Å². The SMILES string of the molecule is C=N/C(F)=c1/c(-c2nnc3c(N4CCCCC5(C4)NC(=O)NC5=O)nc(OCC45CCCN4CCC5)nc3c2F)ccc/c1=C/C. The lowest BCUT2D eigenvalue weighted by molar-refractivity contribution is -0.123. The molecule has 4 fully saturated rings. The van der Waals surface area contributed by atoms with E-state index < -0.39 is 29.2 Å². The number of aliphatic imine (C=N–C) groups is 1. The molecule has 4 saturated heterocycles. The highest BCUT2D eigenvalue weighted by molar-refractivity contribution is 6.07. The van der Waals surface area contributed by atoms with Gasteiger partial charge in [0.05, 0.1) is 12.1 Å². The molecule has 4 aliphatic heterocycles. The Labute approximate surface area is 263 Å². The van der Waals surface area contributed by atoms with Crippen molar-refractivity contribution in [2.45, 2.75) is 62.9 Å². The van der Waals surface area contributed by atoms with Crippen LogP contribution in [0.2, 0.25) is 0 Å². The highest BCUT2D eigenvalue weighted by atomic mass is 19.1. The summed E-state index contributed by atoms with van der Waals surface area (Å²) in [6, 6.07) is 4.30. The maximum absolute atomic E-state index is 16.7. The van der Waals surface area contributed by atoms with E-state index in [1.807, 2.05) is 4.90 Å². The van der Waals surface area contributed by atoms with Crippen molar-refractivity contribution in [3.8, 4) is 17.3 Å². The van der Waals surface area contributed by atoms with Gasteiger partial charge in [-0.3, -0.25) is 15.0 Å². The highest BCUT2D eigenvalue weighted by Crippen LogP contribution is 2.39. The van der Waals surface area contributed by atoms with Gasteiger partial charge in [0.25, 0.3) is 5.91 Å². The molecule has 3 amide bonds. The van der Waals surface area contributed by atoms with Crippen LogP contribution in [0.5, 0.6) is 6.01 Å². The molecule has 6 heterocycles. The minimum atomic E-state index is -1.18. The van der Waals surface area contributed by atoms with Gasteiger partial charge in [0.1, 0.15) is 23.4 Å². The fourth-order valence-corrected chi connectivity index (χ4v) is 7.57. The number of fused-ring (bicyclic) bond motifs is 2. The molecule has 0 bridgehead atoms. The maximum Gasteiger partial charge on any atom is 0.322 e. The first-order chi connectivity index (χ1) is 22.3. The third-order valence-corrected chi connectivity index (χ3v) is 9.86. The summed E-state index contributed by atoms with van der Waals surface area (Å²) in [6.07, 6.45) is 7.62. The van der Waals surface area contributed by atoms with Crippen molar-refractivity contribution in [2.24, 2.45) is 4.99 Å². The summed E-state index contributed by atoms with van der Waals surface area (Å²) >= 11 is 0. The van der Waals surface area contributed by atoms with Crippen molar-refractivity contribution in [1.29, 1.82) is 0 Å². The molecule has 4 aliphatic rings. The first kappa shape index (κ1) is 30.1. The Balaban J connectivity index is 1.38. The van der Waals surface area contributed by atoms with Crippen LogP contribution < -0.4 is 30.7 Å². The third-order valence-electron chi connectivity index (χ3n) is 9.86. The average molecular weight is 632 g/mol. The van der Waals surface area contributed by atoms with Gasteiger partial charge in [-0.15, -0.1) is 10.2 Å². The molecule has 0 radical (unpaired) electrons. The van der Waals surface area contributed by atoms with Crippen LogP contribution in [-0.4, -0.2) is 87.6 Å². The molecule has 1 aromatic carbocycles. The zero-order valence-electron chi connectivity index (χ0n) is 25.6. The number of carbonyl (C=O) groups is 2. The van der Waals surface area contributed by atoms with Gasteiger partial charge < -0.3 is 15.0 Å². The predicted molar refractivity (Wildman–Crippen MR) is 168 cm³/mol. The summed E-state index contributed by atoms with van der Waals surface area (Å²) in [5, 5.41) is 14.3. The molecule has 14 heteroatoms. The Morgan fingerprint density at radius 2 is 1.89 bits per heavy atom. The number of ether oxygens (including phenoxy) is 1. The number of benzene rings is 1. The molecule has 1 spiro atoms. The maximum atomic E-state index is 16.7. The molecular formula is C32H35F2N9O3. The molecule has 240 valence electrons. The van der Waals surface area contributed by atoms with E-state index in [0.29, 0.717) is 37.6 Å². The number of hydrogen-bond donors (Lipinski definition) is 2. The molecule has 0 aliphatic carbocycles. The van der Waals surface area contributed by atoms with Gasteiger partial charge in [0.2, 0.25) is 5.95 Å². The van der Waals surface area contributed by atoms with Gasteiger partial charge in [0, 0.05) is 17.3 Å². The predicted octanol–water partition coefficient (Wildman–Crippen LogP) is 2.34. The Morgan fingerprint density at radius 3 is 2.61 bits per heavy atom. The van der Waals surface area contributed by atoms with Gasteiger partial charge in [-0.2, -0.15) is 14.4 Å². The van der Waals surface area contributed by atoms with Crippen LogP contribution in [0.1, 0.15) is 51.9 Å². The van der Waals surface area contributed by atoms with Crippen LogP contribution in [0, 0.1) is 5.82 Å². The van der Waals surface area contributed by atoms with Crippen LogP contribution in [-0.2, 0) is 4.79 Å². The van der Waals surface area contributed by atoms with Crippen LogP contribution in [0.15, 0.2) is 23.2 Å². The number of nitrogens with zero attached hydrogens (tertiary/aromatic N) is 7. The smallest absolute Gasteiger partial charge is 0.322 e. The van der Waals surface area contributed by atoms with E-state index in [4.69, 9.17) is 9.72 Å². The molecule has 2 aromatic heterocycles. The van der Waals surface area contributed by atoms with Crippen molar-refractivity contribution in [2.75, 3.05) is 37.7 Å². The number of imide groups is 1. The van der Waals surface area contributed by atoms with Crippen molar-refractivity contribution in [1.82, 2.24) is 35.7 Å². The van der Waals surface area contributed by atoms with E-state index in [0.717, 1.165) is 38.8 Å². The molecule has 0 saturated carbocycles. The van der Waals surface area contributed by atoms with Gasteiger partial charge >= 0.3 is 12.0 Å². The Kier molecular flexibility index (Phi) is 7.62. The fourth-order valence-electron chi connectivity index (χ4n) is 7.57. The number of nitrogens with one attached hydrogen (secondary N) is 2. The molecule has 1 unspecified atom stereocenters. The Bertz CT molecular complexity index is 1880. The quantitative estimate of drug-likeness (QED) is 0.239. The standard InChI is InChI=1S/C32H35F2N9O3/c1-3-19-9-6-10-20(21(19)26(34)35-2)23-22(33)24-25(41-40-23)27(42-14-5-4-13-32(17-42)28(44)38-29(45)39-32)37-30(36-24)46-18-31-11-7-15-43(31)16-8-12-31/h3,6,9-10H,2,4-5,7-8,11-18H2,1H3,(H2,38,39,44,45)/b19-3-,26-21+. The van der Waals surface area contributed by atoms with E-state index in [1.165, 1.54) is 0 Å². The molecule has 46 heavy (non-hydrogen) atoms. The second-order valence-corrected chi connectivity index (χ2v) is 12.5. The zero-order chi connectivity index (χ0) is 32.1. The average Bonchev–Trinajstić information content (AvgIpc) is 3.67. The minimum absolute atomic E-state index is 0.0342. The summed E-state index contributed by atoms with van der Waals surface area (Å²) < 4.78 is 38.1. The van der Waals surface area contributed by atoms with Crippen LogP contribution in [0.25, 0.3) is 34.3 Å². The Morgan fingerprint density at radius 1 is 1.09 bits per heavy atom. The topological polar surface area (TPSA) is 138 Å². The largest absolute Gasteiger partial charge is 0.461 e. The van der Waals surface area contributed by atoms with E-state index in [2.05, 4.69) is 42.4 Å². The Hall–Kier alpha value is -4.59. The number of amides is 3. The second kappa shape index (κ2) is 11.6. The summed E-state index contributed by atoms with van der Waals surface area (Å²) in [6.45, 7) is 7.96. The number of urea groups is 1. The van der Waals surface area contributed by atoms with Crippen molar-refractivity contribution in [3.63, 3.8) is 0 Å². The number of hydrogen-bond acceptors (Lipinski definition) is 10. The van der Waals surface area contributed by atoms with Crippen molar-refractivity contribution >= 4 is 47.5 Å². The molecule has 3 aromatic rings. The molecular weight excluding hydrogens is 596 g/mol. The van der Waals surface area contributed by atoms with Crippen LogP contribution in [0.4, 0.5) is 19.4 Å². The highest BCUT2D eigenvalue weighted by Gasteiger charge is 2.49. The second-order valence-electron chi connectivity index (χ2n) is 12.5. The first-order valence-corrected chi connectivity index (χ1v) is 15.7. The van der Waals surface area contributed by atoms with Gasteiger partial charge in [-0.25, -0.2) is 14.2 Å². The van der Waals surface area contributed by atoms with Crippen molar-refractivity contribution in [3.05, 3.63) is 34.5 Å². The summed E-state index contributed by atoms with van der Waals surface area (Å²) in [5.41, 5.74) is -1.47.